The number of aromatic nitrogens is 2. The number of carbonyl (C=O) groups is 1. The van der Waals surface area contributed by atoms with Crippen molar-refractivity contribution in [1.82, 2.24) is 10.2 Å². The van der Waals surface area contributed by atoms with Gasteiger partial charge in [-0.3, -0.25) is 9.89 Å². The number of aromatic hydroxyl groups is 1. The number of amides is 1. The molecule has 0 saturated carbocycles. The van der Waals surface area contributed by atoms with Crippen LogP contribution in [-0.4, -0.2) is 35.4 Å². The molecule has 0 atom stereocenters. The van der Waals surface area contributed by atoms with E-state index in [2.05, 4.69) is 15.5 Å². The Morgan fingerprint density at radius 3 is 2.52 bits per heavy atom. The number of hydrogen-bond acceptors (Lipinski definition) is 5. The Kier molecular flexibility index (Phi) is 5.00. The molecule has 27 heavy (non-hydrogen) atoms. The van der Waals surface area contributed by atoms with Gasteiger partial charge >= 0.3 is 0 Å². The number of sulfone groups is 1. The molecule has 8 heteroatoms. The maximum Gasteiger partial charge on any atom is 0.273 e. The molecule has 3 aromatic rings. The number of nitrogens with zero attached hydrogens (tertiary/aromatic N) is 1. The van der Waals surface area contributed by atoms with Gasteiger partial charge in [0.25, 0.3) is 5.91 Å². The Labute approximate surface area is 157 Å². The highest BCUT2D eigenvalue weighted by molar-refractivity contribution is 7.91. The average molecular weight is 385 g/mol. The van der Waals surface area contributed by atoms with Crippen LogP contribution in [0.5, 0.6) is 5.75 Å². The number of carbonyl (C=O) groups excluding carboxylic acids is 1. The molecule has 0 bridgehead atoms. The van der Waals surface area contributed by atoms with Crippen LogP contribution in [0.15, 0.2) is 53.4 Å². The van der Waals surface area contributed by atoms with Crippen molar-refractivity contribution in [3.8, 4) is 17.0 Å². The van der Waals surface area contributed by atoms with Crippen LogP contribution in [0.2, 0.25) is 0 Å². The van der Waals surface area contributed by atoms with E-state index in [1.165, 1.54) is 25.1 Å². The third kappa shape index (κ3) is 4.01. The van der Waals surface area contributed by atoms with E-state index in [1.807, 2.05) is 31.2 Å². The van der Waals surface area contributed by atoms with E-state index in [9.17, 15) is 18.3 Å². The largest absolute Gasteiger partial charge is 0.506 e. The Morgan fingerprint density at radius 2 is 1.85 bits per heavy atom. The second-order valence-electron chi connectivity index (χ2n) is 6.07. The van der Waals surface area contributed by atoms with Gasteiger partial charge in [0.05, 0.1) is 22.0 Å². The zero-order valence-corrected chi connectivity index (χ0v) is 15.7. The Bertz CT molecular complexity index is 1090. The van der Waals surface area contributed by atoms with Gasteiger partial charge in [0.2, 0.25) is 0 Å². The molecular weight excluding hydrogens is 366 g/mol. The minimum Gasteiger partial charge on any atom is -0.506 e. The van der Waals surface area contributed by atoms with Crippen LogP contribution in [0, 0.1) is 6.92 Å². The molecule has 140 valence electrons. The van der Waals surface area contributed by atoms with Crippen molar-refractivity contribution >= 4 is 21.4 Å². The van der Waals surface area contributed by atoms with E-state index in [0.29, 0.717) is 5.69 Å². The number of nitrogens with one attached hydrogen (secondary N) is 2. The number of H-pyrrole nitrogens is 1. The third-order valence-electron chi connectivity index (χ3n) is 4.13. The van der Waals surface area contributed by atoms with Gasteiger partial charge in [-0.25, -0.2) is 8.42 Å². The van der Waals surface area contributed by atoms with E-state index in [4.69, 9.17) is 0 Å². The quantitative estimate of drug-likeness (QED) is 0.584. The lowest BCUT2D eigenvalue weighted by atomic mass is 10.1. The minimum absolute atomic E-state index is 0.0148. The zero-order chi connectivity index (χ0) is 19.6. The second kappa shape index (κ2) is 7.24. The highest BCUT2D eigenvalue weighted by Crippen LogP contribution is 2.27. The maximum atomic E-state index is 12.5. The van der Waals surface area contributed by atoms with Gasteiger partial charge in [0.15, 0.2) is 9.84 Å². The van der Waals surface area contributed by atoms with Crippen molar-refractivity contribution in [1.29, 1.82) is 0 Å². The fourth-order valence-electron chi connectivity index (χ4n) is 2.48. The summed E-state index contributed by atoms with van der Waals surface area (Å²) in [5.74, 6) is -0.843. The third-order valence-corrected chi connectivity index (χ3v) is 5.86. The number of hydrogen-bond donors (Lipinski definition) is 3. The monoisotopic (exact) mass is 385 g/mol. The highest BCUT2D eigenvalue weighted by Gasteiger charge is 2.17. The van der Waals surface area contributed by atoms with Gasteiger partial charge in [-0.2, -0.15) is 5.10 Å². The van der Waals surface area contributed by atoms with Crippen molar-refractivity contribution < 1.29 is 18.3 Å². The fraction of sp³-hybridized carbons (Fsp3) is 0.158. The van der Waals surface area contributed by atoms with Crippen LogP contribution in [-0.2, 0) is 9.84 Å². The summed E-state index contributed by atoms with van der Waals surface area (Å²) in [6.07, 6.45) is 0. The van der Waals surface area contributed by atoms with Gasteiger partial charge in [0.1, 0.15) is 11.4 Å². The lowest BCUT2D eigenvalue weighted by molar-refractivity contribution is 0.102. The number of phenols is 1. The molecule has 0 spiro atoms. The summed E-state index contributed by atoms with van der Waals surface area (Å²) < 4.78 is 24.0. The SMILES string of the molecule is CCS(=O)(=O)c1ccc(O)c(NC(=O)c2cc(-c3ccc(C)cc3)n[nH]2)c1. The molecule has 7 nitrogen and oxygen atoms in total. The van der Waals surface area contributed by atoms with Crippen LogP contribution in [0.25, 0.3) is 11.3 Å². The standard InChI is InChI=1S/C19H19N3O4S/c1-3-27(25,26)14-8-9-18(23)16(10-14)20-19(24)17-11-15(21-22-17)13-6-4-12(2)5-7-13/h4-11,23H,3H2,1-2H3,(H,20,24)(H,21,22). The van der Waals surface area contributed by atoms with Crippen molar-refractivity contribution in [2.75, 3.05) is 11.1 Å². The first kappa shape index (κ1) is 18.7. The number of aromatic amines is 1. The van der Waals surface area contributed by atoms with Crippen LogP contribution in [0.3, 0.4) is 0 Å². The molecule has 0 aliphatic rings. The number of benzene rings is 2. The fourth-order valence-corrected chi connectivity index (χ4v) is 3.38. The van der Waals surface area contributed by atoms with E-state index >= 15 is 0 Å². The molecule has 3 N–H and O–H groups in total. The van der Waals surface area contributed by atoms with Gasteiger partial charge in [-0.1, -0.05) is 36.8 Å². The first-order valence-corrected chi connectivity index (χ1v) is 9.95. The summed E-state index contributed by atoms with van der Waals surface area (Å²) in [6.45, 7) is 3.50. The summed E-state index contributed by atoms with van der Waals surface area (Å²) in [4.78, 5) is 12.5. The number of aryl methyl sites for hydroxylation is 1. The second-order valence-corrected chi connectivity index (χ2v) is 8.35. The number of rotatable bonds is 5. The van der Waals surface area contributed by atoms with Gasteiger partial charge < -0.3 is 10.4 Å². The predicted octanol–water partition coefficient (Wildman–Crippen LogP) is 3.14. The van der Waals surface area contributed by atoms with Crippen LogP contribution >= 0.6 is 0 Å². The van der Waals surface area contributed by atoms with Crippen LogP contribution in [0.1, 0.15) is 23.0 Å². The van der Waals surface area contributed by atoms with Gasteiger partial charge in [-0.15, -0.1) is 0 Å². The average Bonchev–Trinajstić information content (AvgIpc) is 3.14. The lowest BCUT2D eigenvalue weighted by Gasteiger charge is -2.08. The van der Waals surface area contributed by atoms with E-state index in [1.54, 1.807) is 6.07 Å². The zero-order valence-electron chi connectivity index (χ0n) is 14.9. The Morgan fingerprint density at radius 1 is 1.15 bits per heavy atom. The molecule has 3 rings (SSSR count). The lowest BCUT2D eigenvalue weighted by Crippen LogP contribution is -2.13. The molecule has 0 unspecified atom stereocenters. The maximum absolute atomic E-state index is 12.5. The number of phenolic OH excluding ortho intramolecular Hbond substituents is 1. The molecule has 1 aromatic heterocycles. The molecule has 2 aromatic carbocycles. The topological polar surface area (TPSA) is 112 Å². The van der Waals surface area contributed by atoms with E-state index < -0.39 is 15.7 Å². The first-order chi connectivity index (χ1) is 12.8. The summed E-state index contributed by atoms with van der Waals surface area (Å²) in [5.41, 5.74) is 2.78. The van der Waals surface area contributed by atoms with Crippen molar-refractivity contribution in [3.05, 3.63) is 59.8 Å². The number of anilines is 1. The predicted molar refractivity (Wildman–Crippen MR) is 103 cm³/mol. The minimum atomic E-state index is -3.46. The molecule has 0 aliphatic heterocycles. The van der Waals surface area contributed by atoms with Gasteiger partial charge in [0, 0.05) is 5.56 Å². The summed E-state index contributed by atoms with van der Waals surface area (Å²) in [7, 11) is -3.46. The molecule has 0 saturated heterocycles. The summed E-state index contributed by atoms with van der Waals surface area (Å²) in [6, 6.07) is 13.1. The Hall–Kier alpha value is -3.13. The van der Waals surface area contributed by atoms with Crippen LogP contribution in [0.4, 0.5) is 5.69 Å². The molecule has 0 fully saturated rings. The summed E-state index contributed by atoms with van der Waals surface area (Å²) in [5, 5.41) is 19.2. The molecule has 0 radical (unpaired) electrons. The van der Waals surface area contributed by atoms with Crippen molar-refractivity contribution in [3.63, 3.8) is 0 Å². The van der Waals surface area contributed by atoms with Crippen molar-refractivity contribution in [2.45, 2.75) is 18.7 Å². The van der Waals surface area contributed by atoms with Gasteiger partial charge in [-0.05, 0) is 31.2 Å². The highest BCUT2D eigenvalue weighted by atomic mass is 32.2. The summed E-state index contributed by atoms with van der Waals surface area (Å²) >= 11 is 0. The molecule has 0 aliphatic carbocycles. The van der Waals surface area contributed by atoms with E-state index in [0.717, 1.165) is 11.1 Å². The van der Waals surface area contributed by atoms with E-state index in [-0.39, 0.29) is 27.8 Å². The molecule has 1 heterocycles. The van der Waals surface area contributed by atoms with Crippen LogP contribution < -0.4 is 5.32 Å². The first-order valence-electron chi connectivity index (χ1n) is 8.29. The smallest absolute Gasteiger partial charge is 0.273 e. The van der Waals surface area contributed by atoms with Crippen molar-refractivity contribution in [2.24, 2.45) is 0 Å². The molecular formula is C19H19N3O4S. The molecule has 1 amide bonds. The Balaban J connectivity index is 1.84. The normalized spacial score (nSPS) is 11.3.